The highest BCUT2D eigenvalue weighted by Gasteiger charge is 2.04. The highest BCUT2D eigenvalue weighted by molar-refractivity contribution is 7.80. The molecule has 0 atom stereocenters. The summed E-state index contributed by atoms with van der Waals surface area (Å²) in [7, 11) is 0. The molecule has 0 aliphatic rings. The molecule has 16 heavy (non-hydrogen) atoms. The Labute approximate surface area is 100 Å². The van der Waals surface area contributed by atoms with Crippen molar-refractivity contribution in [2.24, 2.45) is 0 Å². The first-order valence-electron chi connectivity index (χ1n) is 5.34. The van der Waals surface area contributed by atoms with E-state index in [-0.39, 0.29) is 0 Å². The lowest BCUT2D eigenvalue weighted by molar-refractivity contribution is 0.497. The second-order valence-electron chi connectivity index (χ2n) is 3.51. The van der Waals surface area contributed by atoms with Gasteiger partial charge in [-0.05, 0) is 23.8 Å². The average Bonchev–Trinajstić information content (AvgIpc) is 2.79. The van der Waals surface area contributed by atoms with E-state index in [2.05, 4.69) is 28.0 Å². The second-order valence-corrected chi connectivity index (χ2v) is 3.95. The number of benzene rings is 1. The normalized spacial score (nSPS) is 10.6. The number of unbranched alkanes of at least 4 members (excludes halogenated alkanes) is 1. The fourth-order valence-corrected chi connectivity index (χ4v) is 1.63. The molecule has 0 spiro atoms. The molecule has 0 fully saturated rings. The fraction of sp³-hybridized carbons (Fsp3) is 0.364. The lowest BCUT2D eigenvalue weighted by Crippen LogP contribution is -2.02. The van der Waals surface area contributed by atoms with Crippen LogP contribution in [0.2, 0.25) is 0 Å². The van der Waals surface area contributed by atoms with Crippen LogP contribution in [0.15, 0.2) is 30.3 Å². The number of thiol groups is 1. The number of hydrogen-bond donors (Lipinski definition) is 1. The third-order valence-electron chi connectivity index (χ3n) is 2.25. The second kappa shape index (κ2) is 5.65. The van der Waals surface area contributed by atoms with Gasteiger partial charge in [-0.1, -0.05) is 30.3 Å². The van der Waals surface area contributed by atoms with Crippen molar-refractivity contribution < 1.29 is 0 Å². The quantitative estimate of drug-likeness (QED) is 0.636. The highest BCUT2D eigenvalue weighted by Crippen LogP contribution is 2.11. The summed E-state index contributed by atoms with van der Waals surface area (Å²) in [5, 5.41) is 12.4. The summed E-state index contributed by atoms with van der Waals surface area (Å²) >= 11 is 4.16. The van der Waals surface area contributed by atoms with E-state index < -0.39 is 0 Å². The molecule has 0 radical (unpaired) electrons. The van der Waals surface area contributed by atoms with Gasteiger partial charge in [0, 0.05) is 5.56 Å². The molecule has 2 aromatic rings. The van der Waals surface area contributed by atoms with Crippen LogP contribution in [0.1, 0.15) is 12.8 Å². The number of hydrogen-bond acceptors (Lipinski definition) is 4. The van der Waals surface area contributed by atoms with Gasteiger partial charge in [0.25, 0.3) is 0 Å². The van der Waals surface area contributed by atoms with Crippen LogP contribution in [0.5, 0.6) is 0 Å². The van der Waals surface area contributed by atoms with E-state index in [1.807, 2.05) is 30.3 Å². The van der Waals surface area contributed by atoms with Crippen molar-refractivity contribution in [2.75, 3.05) is 5.75 Å². The summed E-state index contributed by atoms with van der Waals surface area (Å²) < 4.78 is 0. The molecule has 1 aromatic heterocycles. The van der Waals surface area contributed by atoms with Crippen molar-refractivity contribution in [3.63, 3.8) is 0 Å². The van der Waals surface area contributed by atoms with Gasteiger partial charge in [-0.2, -0.15) is 17.4 Å². The number of aromatic nitrogens is 4. The number of rotatable bonds is 5. The number of nitrogens with zero attached hydrogens (tertiary/aromatic N) is 4. The maximum atomic E-state index is 4.32. The molecule has 0 saturated carbocycles. The van der Waals surface area contributed by atoms with Crippen LogP contribution in [0.3, 0.4) is 0 Å². The largest absolute Gasteiger partial charge is 0.204 e. The van der Waals surface area contributed by atoms with Crippen molar-refractivity contribution in [1.29, 1.82) is 0 Å². The molecule has 1 heterocycles. The van der Waals surface area contributed by atoms with Gasteiger partial charge in [-0.3, -0.25) is 0 Å². The van der Waals surface area contributed by atoms with Crippen LogP contribution in [0.25, 0.3) is 11.4 Å². The van der Waals surface area contributed by atoms with Gasteiger partial charge >= 0.3 is 0 Å². The van der Waals surface area contributed by atoms with Crippen LogP contribution in [0.4, 0.5) is 0 Å². The molecule has 2 rings (SSSR count). The topological polar surface area (TPSA) is 43.6 Å². The number of tetrazole rings is 1. The summed E-state index contributed by atoms with van der Waals surface area (Å²) in [4.78, 5) is 1.64. The lowest BCUT2D eigenvalue weighted by Gasteiger charge is -1.96. The Morgan fingerprint density at radius 3 is 2.69 bits per heavy atom. The lowest BCUT2D eigenvalue weighted by atomic mass is 10.2. The summed E-state index contributed by atoms with van der Waals surface area (Å²) in [5.74, 6) is 1.59. The van der Waals surface area contributed by atoms with E-state index in [4.69, 9.17) is 0 Å². The first-order valence-corrected chi connectivity index (χ1v) is 5.97. The zero-order valence-corrected chi connectivity index (χ0v) is 9.85. The molecular weight excluding hydrogens is 220 g/mol. The minimum Gasteiger partial charge on any atom is -0.179 e. The van der Waals surface area contributed by atoms with Crippen LogP contribution < -0.4 is 0 Å². The van der Waals surface area contributed by atoms with Gasteiger partial charge in [-0.15, -0.1) is 10.2 Å². The van der Waals surface area contributed by atoms with Crippen LogP contribution >= 0.6 is 12.6 Å². The molecule has 0 aliphatic heterocycles. The third-order valence-corrected chi connectivity index (χ3v) is 2.57. The van der Waals surface area contributed by atoms with Gasteiger partial charge in [0.1, 0.15) is 0 Å². The van der Waals surface area contributed by atoms with Gasteiger partial charge in [0.05, 0.1) is 6.54 Å². The van der Waals surface area contributed by atoms with E-state index in [9.17, 15) is 0 Å². The van der Waals surface area contributed by atoms with E-state index >= 15 is 0 Å². The smallest absolute Gasteiger partial charge is 0.179 e. The Hall–Kier alpha value is -1.36. The molecule has 4 nitrogen and oxygen atoms in total. The molecule has 84 valence electrons. The molecule has 0 amide bonds. The molecular formula is C11H14N4S. The maximum absolute atomic E-state index is 4.32. The van der Waals surface area contributed by atoms with Gasteiger partial charge < -0.3 is 0 Å². The van der Waals surface area contributed by atoms with Gasteiger partial charge in [-0.25, -0.2) is 0 Å². The molecule has 0 bridgehead atoms. The van der Waals surface area contributed by atoms with E-state index in [1.54, 1.807) is 4.80 Å². The minimum absolute atomic E-state index is 0.687. The highest BCUT2D eigenvalue weighted by atomic mass is 32.1. The Bertz CT molecular complexity index is 427. The molecule has 5 heteroatoms. The van der Waals surface area contributed by atoms with E-state index in [0.717, 1.165) is 30.7 Å². The molecule has 1 aromatic carbocycles. The standard InChI is InChI=1S/C11H14N4S/c16-9-5-4-8-15-13-11(12-14-15)10-6-2-1-3-7-10/h1-3,6-7,16H,4-5,8-9H2. The molecule has 0 N–H and O–H groups in total. The predicted molar refractivity (Wildman–Crippen MR) is 66.3 cm³/mol. The zero-order valence-electron chi connectivity index (χ0n) is 8.95. The molecule has 0 saturated heterocycles. The first kappa shape index (κ1) is 11.1. The van der Waals surface area contributed by atoms with Crippen molar-refractivity contribution in [3.8, 4) is 11.4 Å². The van der Waals surface area contributed by atoms with Gasteiger partial charge in [0.2, 0.25) is 5.82 Å². The molecule has 0 aliphatic carbocycles. The van der Waals surface area contributed by atoms with Crippen LogP contribution in [-0.4, -0.2) is 26.0 Å². The Kier molecular flexibility index (Phi) is 3.93. The summed E-state index contributed by atoms with van der Waals surface area (Å²) in [6.45, 7) is 0.806. The third kappa shape index (κ3) is 2.82. The Morgan fingerprint density at radius 2 is 1.94 bits per heavy atom. The van der Waals surface area contributed by atoms with Crippen LogP contribution in [0, 0.1) is 0 Å². The Balaban J connectivity index is 2.02. The van der Waals surface area contributed by atoms with E-state index in [1.165, 1.54) is 0 Å². The van der Waals surface area contributed by atoms with Crippen molar-refractivity contribution >= 4 is 12.6 Å². The number of aryl methyl sites for hydroxylation is 1. The maximum Gasteiger partial charge on any atom is 0.204 e. The van der Waals surface area contributed by atoms with Crippen molar-refractivity contribution in [2.45, 2.75) is 19.4 Å². The Morgan fingerprint density at radius 1 is 1.12 bits per heavy atom. The van der Waals surface area contributed by atoms with E-state index in [0.29, 0.717) is 5.82 Å². The fourth-order valence-electron chi connectivity index (χ4n) is 1.41. The van der Waals surface area contributed by atoms with Crippen molar-refractivity contribution in [3.05, 3.63) is 30.3 Å². The minimum atomic E-state index is 0.687. The predicted octanol–water partition coefficient (Wildman–Crippen LogP) is 2.05. The SMILES string of the molecule is SCCCCn1nnc(-c2ccccc2)n1. The average molecular weight is 234 g/mol. The summed E-state index contributed by atoms with van der Waals surface area (Å²) in [6.07, 6.45) is 2.11. The first-order chi connectivity index (χ1) is 7.90. The molecule has 0 unspecified atom stereocenters. The van der Waals surface area contributed by atoms with Crippen LogP contribution in [-0.2, 0) is 6.54 Å². The summed E-state index contributed by atoms with van der Waals surface area (Å²) in [5.41, 5.74) is 1.00. The van der Waals surface area contributed by atoms with Gasteiger partial charge in [0.15, 0.2) is 0 Å². The van der Waals surface area contributed by atoms with Crippen molar-refractivity contribution in [1.82, 2.24) is 20.2 Å². The monoisotopic (exact) mass is 234 g/mol. The zero-order chi connectivity index (χ0) is 11.2. The summed E-state index contributed by atoms with van der Waals surface area (Å²) in [6, 6.07) is 9.87.